The molecule has 0 aliphatic carbocycles. The molecular weight excluding hydrogens is 190 g/mol. The smallest absolute Gasteiger partial charge is 0.339 e. The lowest BCUT2D eigenvalue weighted by atomic mass is 10.1. The topological polar surface area (TPSA) is 29.5 Å². The van der Waals surface area contributed by atoms with Crippen LogP contribution in [0, 0.1) is 0 Å². The molecule has 1 aromatic rings. The van der Waals surface area contributed by atoms with Gasteiger partial charge in [0.2, 0.25) is 0 Å². The van der Waals surface area contributed by atoms with Crippen molar-refractivity contribution in [1.82, 2.24) is 0 Å². The molecule has 0 aromatic heterocycles. The number of carbonyl (C=O) groups is 1. The molecule has 0 N–H and O–H groups in total. The fraction of sp³-hybridized carbons (Fsp3) is 0.417. The minimum absolute atomic E-state index is 0.280. The van der Waals surface area contributed by atoms with Crippen molar-refractivity contribution in [3.8, 4) is 0 Å². The van der Waals surface area contributed by atoms with Crippen LogP contribution in [0.4, 0.5) is 5.69 Å². The fourth-order valence-corrected chi connectivity index (χ4v) is 1.60. The lowest BCUT2D eigenvalue weighted by Crippen LogP contribution is -2.24. The molecule has 0 aliphatic heterocycles. The zero-order valence-corrected chi connectivity index (χ0v) is 9.49. The standard InChI is InChI=1S/C12H17NO2/c1-4-13(5-2)11-9-7-6-8-10(11)12(14)15-3/h6-9H,4-5H2,1-3H3. The molecule has 3 nitrogen and oxygen atoms in total. The fourth-order valence-electron chi connectivity index (χ4n) is 1.60. The minimum Gasteiger partial charge on any atom is -0.465 e. The normalized spacial score (nSPS) is 9.80. The van der Waals surface area contributed by atoms with Crippen molar-refractivity contribution >= 4 is 11.7 Å². The van der Waals surface area contributed by atoms with Crippen molar-refractivity contribution in [3.05, 3.63) is 29.8 Å². The van der Waals surface area contributed by atoms with Gasteiger partial charge in [0.1, 0.15) is 0 Å². The van der Waals surface area contributed by atoms with Gasteiger partial charge in [0.25, 0.3) is 0 Å². The van der Waals surface area contributed by atoms with Crippen LogP contribution < -0.4 is 4.90 Å². The summed E-state index contributed by atoms with van der Waals surface area (Å²) in [6.07, 6.45) is 0. The van der Waals surface area contributed by atoms with Crippen LogP contribution in [0.2, 0.25) is 0 Å². The summed E-state index contributed by atoms with van der Waals surface area (Å²) in [7, 11) is 1.40. The summed E-state index contributed by atoms with van der Waals surface area (Å²) in [5.74, 6) is -0.280. The Kier molecular flexibility index (Phi) is 4.16. The van der Waals surface area contributed by atoms with E-state index in [0.29, 0.717) is 5.56 Å². The second-order valence-corrected chi connectivity index (χ2v) is 3.18. The molecule has 0 amide bonds. The van der Waals surface area contributed by atoms with E-state index in [2.05, 4.69) is 18.7 Å². The molecule has 0 heterocycles. The van der Waals surface area contributed by atoms with Crippen molar-refractivity contribution in [3.63, 3.8) is 0 Å². The van der Waals surface area contributed by atoms with Gasteiger partial charge in [-0.3, -0.25) is 0 Å². The van der Waals surface area contributed by atoms with Crippen molar-refractivity contribution in [1.29, 1.82) is 0 Å². The van der Waals surface area contributed by atoms with E-state index in [1.54, 1.807) is 6.07 Å². The maximum absolute atomic E-state index is 11.5. The molecule has 0 saturated carbocycles. The van der Waals surface area contributed by atoms with Gasteiger partial charge in [-0.15, -0.1) is 0 Å². The molecule has 0 fully saturated rings. The molecule has 3 heteroatoms. The minimum atomic E-state index is -0.280. The Balaban J connectivity index is 3.10. The lowest BCUT2D eigenvalue weighted by Gasteiger charge is -2.23. The van der Waals surface area contributed by atoms with E-state index in [1.165, 1.54) is 7.11 Å². The van der Waals surface area contributed by atoms with Crippen LogP contribution >= 0.6 is 0 Å². The number of rotatable bonds is 4. The number of esters is 1. The van der Waals surface area contributed by atoms with Gasteiger partial charge >= 0.3 is 5.97 Å². The molecule has 82 valence electrons. The molecule has 0 unspecified atom stereocenters. The van der Waals surface area contributed by atoms with Crippen LogP contribution in [0.1, 0.15) is 24.2 Å². The van der Waals surface area contributed by atoms with Crippen molar-refractivity contribution in [2.24, 2.45) is 0 Å². The summed E-state index contributed by atoms with van der Waals surface area (Å²) < 4.78 is 4.75. The summed E-state index contributed by atoms with van der Waals surface area (Å²) >= 11 is 0. The Labute approximate surface area is 90.7 Å². The van der Waals surface area contributed by atoms with Gasteiger partial charge in [-0.05, 0) is 26.0 Å². The van der Waals surface area contributed by atoms with Gasteiger partial charge in [0, 0.05) is 13.1 Å². The number of nitrogens with zero attached hydrogens (tertiary/aromatic N) is 1. The Morgan fingerprint density at radius 2 is 1.87 bits per heavy atom. The number of carbonyl (C=O) groups excluding carboxylic acids is 1. The average molecular weight is 207 g/mol. The first-order chi connectivity index (χ1) is 7.24. The van der Waals surface area contributed by atoms with Crippen LogP contribution in [0.25, 0.3) is 0 Å². The van der Waals surface area contributed by atoms with E-state index in [-0.39, 0.29) is 5.97 Å². The first-order valence-corrected chi connectivity index (χ1v) is 5.16. The van der Waals surface area contributed by atoms with Gasteiger partial charge < -0.3 is 9.64 Å². The summed E-state index contributed by atoms with van der Waals surface area (Å²) in [6, 6.07) is 7.51. The Hall–Kier alpha value is -1.51. The molecule has 0 saturated heterocycles. The summed E-state index contributed by atoms with van der Waals surface area (Å²) in [4.78, 5) is 13.7. The van der Waals surface area contributed by atoms with E-state index >= 15 is 0 Å². The van der Waals surface area contributed by atoms with Crippen molar-refractivity contribution in [2.45, 2.75) is 13.8 Å². The number of ether oxygens (including phenoxy) is 1. The second-order valence-electron chi connectivity index (χ2n) is 3.18. The molecule has 0 bridgehead atoms. The largest absolute Gasteiger partial charge is 0.465 e. The number of methoxy groups -OCH3 is 1. The molecule has 1 aromatic carbocycles. The van der Waals surface area contributed by atoms with Crippen LogP contribution in [0.5, 0.6) is 0 Å². The van der Waals surface area contributed by atoms with Gasteiger partial charge in [-0.2, -0.15) is 0 Å². The molecule has 0 spiro atoms. The van der Waals surface area contributed by atoms with Crippen LogP contribution in [0.3, 0.4) is 0 Å². The monoisotopic (exact) mass is 207 g/mol. The highest BCUT2D eigenvalue weighted by Gasteiger charge is 2.13. The number of hydrogen-bond acceptors (Lipinski definition) is 3. The molecule has 15 heavy (non-hydrogen) atoms. The van der Waals surface area contributed by atoms with Crippen LogP contribution in [0.15, 0.2) is 24.3 Å². The van der Waals surface area contributed by atoms with Crippen molar-refractivity contribution in [2.75, 3.05) is 25.1 Å². The zero-order valence-electron chi connectivity index (χ0n) is 9.49. The average Bonchev–Trinajstić information content (AvgIpc) is 2.30. The SMILES string of the molecule is CCN(CC)c1ccccc1C(=O)OC. The first-order valence-electron chi connectivity index (χ1n) is 5.16. The molecule has 1 rings (SSSR count). The quantitative estimate of drug-likeness (QED) is 0.710. The molecule has 0 atom stereocenters. The third-order valence-electron chi connectivity index (χ3n) is 2.41. The summed E-state index contributed by atoms with van der Waals surface area (Å²) in [5, 5.41) is 0. The van der Waals surface area contributed by atoms with Crippen LogP contribution in [-0.2, 0) is 4.74 Å². The van der Waals surface area contributed by atoms with Crippen LogP contribution in [-0.4, -0.2) is 26.2 Å². The van der Waals surface area contributed by atoms with Gasteiger partial charge in [0.15, 0.2) is 0 Å². The van der Waals surface area contributed by atoms with E-state index < -0.39 is 0 Å². The number of para-hydroxylation sites is 1. The van der Waals surface area contributed by atoms with Gasteiger partial charge in [0.05, 0.1) is 18.4 Å². The predicted molar refractivity (Wildman–Crippen MR) is 61.3 cm³/mol. The van der Waals surface area contributed by atoms with Gasteiger partial charge in [-0.25, -0.2) is 4.79 Å². The number of benzene rings is 1. The highest BCUT2D eigenvalue weighted by atomic mass is 16.5. The van der Waals surface area contributed by atoms with E-state index in [4.69, 9.17) is 4.74 Å². The van der Waals surface area contributed by atoms with Crippen molar-refractivity contribution < 1.29 is 9.53 Å². The summed E-state index contributed by atoms with van der Waals surface area (Å²) in [6.45, 7) is 5.89. The highest BCUT2D eigenvalue weighted by molar-refractivity contribution is 5.95. The highest BCUT2D eigenvalue weighted by Crippen LogP contribution is 2.20. The molecule has 0 aliphatic rings. The first kappa shape index (κ1) is 11.6. The molecular formula is C12H17NO2. The Morgan fingerprint density at radius 1 is 1.27 bits per heavy atom. The van der Waals surface area contributed by atoms with E-state index in [1.807, 2.05) is 18.2 Å². The maximum Gasteiger partial charge on any atom is 0.339 e. The zero-order chi connectivity index (χ0) is 11.3. The Bertz CT molecular complexity index is 332. The third kappa shape index (κ3) is 2.49. The predicted octanol–water partition coefficient (Wildman–Crippen LogP) is 2.32. The van der Waals surface area contributed by atoms with Gasteiger partial charge in [-0.1, -0.05) is 12.1 Å². The van der Waals surface area contributed by atoms with E-state index in [0.717, 1.165) is 18.8 Å². The second kappa shape index (κ2) is 5.39. The maximum atomic E-state index is 11.5. The number of anilines is 1. The lowest BCUT2D eigenvalue weighted by molar-refractivity contribution is 0.0601. The summed E-state index contributed by atoms with van der Waals surface area (Å²) in [5.41, 5.74) is 1.57. The molecule has 0 radical (unpaired) electrons. The van der Waals surface area contributed by atoms with E-state index in [9.17, 15) is 4.79 Å². The Morgan fingerprint density at radius 3 is 2.40 bits per heavy atom. The number of hydrogen-bond donors (Lipinski definition) is 0. The third-order valence-corrected chi connectivity index (χ3v) is 2.41.